The van der Waals surface area contributed by atoms with Gasteiger partial charge in [-0.1, -0.05) is 17.7 Å². The fourth-order valence-electron chi connectivity index (χ4n) is 2.58. The van der Waals surface area contributed by atoms with E-state index in [0.29, 0.717) is 29.7 Å². The van der Waals surface area contributed by atoms with Crippen LogP contribution in [0.3, 0.4) is 0 Å². The van der Waals surface area contributed by atoms with E-state index in [0.717, 1.165) is 17.0 Å². The lowest BCUT2D eigenvalue weighted by Crippen LogP contribution is -2.19. The molecule has 1 aliphatic heterocycles. The van der Waals surface area contributed by atoms with Crippen LogP contribution in [0.2, 0.25) is 5.02 Å². The lowest BCUT2D eigenvalue weighted by Gasteiger charge is -2.19. The SMILES string of the molecule is CN(C)c1ccc(Cl)cc1NC(=O)Cc1ccc2c(c1)OCCO2. The summed E-state index contributed by atoms with van der Waals surface area (Å²) >= 11 is 6.04. The van der Waals surface area contributed by atoms with E-state index in [-0.39, 0.29) is 12.3 Å². The second kappa shape index (κ2) is 7.01. The van der Waals surface area contributed by atoms with Gasteiger partial charge in [0.05, 0.1) is 17.8 Å². The summed E-state index contributed by atoms with van der Waals surface area (Å²) < 4.78 is 11.0. The fraction of sp³-hybridized carbons (Fsp3) is 0.278. The van der Waals surface area contributed by atoms with Gasteiger partial charge in [0, 0.05) is 19.1 Å². The van der Waals surface area contributed by atoms with Crippen molar-refractivity contribution in [2.45, 2.75) is 6.42 Å². The first kappa shape index (κ1) is 16.5. The van der Waals surface area contributed by atoms with Crippen molar-refractivity contribution in [2.75, 3.05) is 37.5 Å². The zero-order valence-corrected chi connectivity index (χ0v) is 14.4. The van der Waals surface area contributed by atoms with Crippen molar-refractivity contribution in [3.8, 4) is 11.5 Å². The van der Waals surface area contributed by atoms with Crippen molar-refractivity contribution in [2.24, 2.45) is 0 Å². The van der Waals surface area contributed by atoms with E-state index in [4.69, 9.17) is 21.1 Å². The normalized spacial score (nSPS) is 12.6. The number of hydrogen-bond acceptors (Lipinski definition) is 4. The fourth-order valence-corrected chi connectivity index (χ4v) is 2.75. The number of rotatable bonds is 4. The van der Waals surface area contributed by atoms with E-state index in [1.165, 1.54) is 0 Å². The maximum atomic E-state index is 12.4. The highest BCUT2D eigenvalue weighted by atomic mass is 35.5. The van der Waals surface area contributed by atoms with Crippen molar-refractivity contribution in [3.63, 3.8) is 0 Å². The molecule has 1 heterocycles. The van der Waals surface area contributed by atoms with Gasteiger partial charge in [-0.3, -0.25) is 4.79 Å². The summed E-state index contributed by atoms with van der Waals surface area (Å²) in [6.07, 6.45) is 0.246. The second-order valence-corrected chi connectivity index (χ2v) is 6.20. The number of nitrogens with zero attached hydrogens (tertiary/aromatic N) is 1. The average Bonchev–Trinajstić information content (AvgIpc) is 2.54. The van der Waals surface area contributed by atoms with Crippen LogP contribution in [0.5, 0.6) is 11.5 Å². The van der Waals surface area contributed by atoms with Gasteiger partial charge >= 0.3 is 0 Å². The number of amides is 1. The predicted molar refractivity (Wildman–Crippen MR) is 95.5 cm³/mol. The van der Waals surface area contributed by atoms with E-state index >= 15 is 0 Å². The summed E-state index contributed by atoms with van der Waals surface area (Å²) in [5.74, 6) is 1.29. The maximum Gasteiger partial charge on any atom is 0.228 e. The molecule has 1 N–H and O–H groups in total. The van der Waals surface area contributed by atoms with Crippen LogP contribution in [0.25, 0.3) is 0 Å². The van der Waals surface area contributed by atoms with Crippen LogP contribution in [0.4, 0.5) is 11.4 Å². The second-order valence-electron chi connectivity index (χ2n) is 5.76. The molecule has 24 heavy (non-hydrogen) atoms. The Kier molecular flexibility index (Phi) is 4.81. The Morgan fingerprint density at radius 3 is 2.62 bits per heavy atom. The van der Waals surface area contributed by atoms with Gasteiger partial charge in [0.25, 0.3) is 0 Å². The number of benzene rings is 2. The van der Waals surface area contributed by atoms with Gasteiger partial charge in [0.1, 0.15) is 13.2 Å². The monoisotopic (exact) mass is 346 g/mol. The van der Waals surface area contributed by atoms with E-state index in [1.54, 1.807) is 12.1 Å². The number of halogens is 1. The summed E-state index contributed by atoms with van der Waals surface area (Å²) in [5.41, 5.74) is 2.45. The lowest BCUT2D eigenvalue weighted by molar-refractivity contribution is -0.115. The number of fused-ring (bicyclic) bond motifs is 1. The van der Waals surface area contributed by atoms with Crippen LogP contribution >= 0.6 is 11.6 Å². The van der Waals surface area contributed by atoms with Gasteiger partial charge in [-0.05, 0) is 35.9 Å². The first-order chi connectivity index (χ1) is 11.5. The van der Waals surface area contributed by atoms with E-state index in [2.05, 4.69) is 5.32 Å². The van der Waals surface area contributed by atoms with Gasteiger partial charge in [-0.15, -0.1) is 0 Å². The first-order valence-corrected chi connectivity index (χ1v) is 8.06. The molecule has 2 aromatic rings. The minimum absolute atomic E-state index is 0.114. The zero-order valence-electron chi connectivity index (χ0n) is 13.6. The topological polar surface area (TPSA) is 50.8 Å². The molecule has 0 aromatic heterocycles. The number of carbonyl (C=O) groups excluding carboxylic acids is 1. The zero-order chi connectivity index (χ0) is 17.1. The van der Waals surface area contributed by atoms with Gasteiger partial charge in [-0.2, -0.15) is 0 Å². The Morgan fingerprint density at radius 1 is 1.12 bits per heavy atom. The third-order valence-corrected chi connectivity index (χ3v) is 3.92. The first-order valence-electron chi connectivity index (χ1n) is 7.68. The van der Waals surface area contributed by atoms with Crippen LogP contribution in [0.15, 0.2) is 36.4 Å². The van der Waals surface area contributed by atoms with Crippen LogP contribution in [0.1, 0.15) is 5.56 Å². The highest BCUT2D eigenvalue weighted by Gasteiger charge is 2.14. The number of nitrogens with one attached hydrogen (secondary N) is 1. The van der Waals surface area contributed by atoms with Gasteiger partial charge < -0.3 is 19.7 Å². The third kappa shape index (κ3) is 3.74. The number of ether oxygens (including phenoxy) is 2. The molecule has 0 radical (unpaired) electrons. The highest BCUT2D eigenvalue weighted by Crippen LogP contribution is 2.31. The van der Waals surface area contributed by atoms with Crippen molar-refractivity contribution in [1.29, 1.82) is 0 Å². The molecule has 1 amide bonds. The largest absolute Gasteiger partial charge is 0.486 e. The molecule has 0 saturated heterocycles. The molecule has 0 bridgehead atoms. The van der Waals surface area contributed by atoms with Gasteiger partial charge in [0.2, 0.25) is 5.91 Å². The lowest BCUT2D eigenvalue weighted by atomic mass is 10.1. The Labute approximate surface area is 146 Å². The molecule has 0 fully saturated rings. The smallest absolute Gasteiger partial charge is 0.228 e. The van der Waals surface area contributed by atoms with Crippen molar-refractivity contribution in [1.82, 2.24) is 0 Å². The van der Waals surface area contributed by atoms with Crippen molar-refractivity contribution >= 4 is 28.9 Å². The minimum Gasteiger partial charge on any atom is -0.486 e. The molecule has 0 unspecified atom stereocenters. The Balaban J connectivity index is 1.73. The van der Waals surface area contributed by atoms with Crippen LogP contribution in [0, 0.1) is 0 Å². The standard InChI is InChI=1S/C18H19ClN2O3/c1-21(2)15-5-4-13(19)11-14(15)20-18(22)10-12-3-6-16-17(9-12)24-8-7-23-16/h3-6,9,11H,7-8,10H2,1-2H3,(H,20,22). The molecule has 0 saturated carbocycles. The molecule has 2 aromatic carbocycles. The minimum atomic E-state index is -0.114. The molecule has 126 valence electrons. The van der Waals surface area contributed by atoms with Crippen LogP contribution in [-0.2, 0) is 11.2 Å². The number of anilines is 2. The molecule has 3 rings (SSSR count). The van der Waals surface area contributed by atoms with Crippen LogP contribution in [-0.4, -0.2) is 33.2 Å². The Hall–Kier alpha value is -2.40. The maximum absolute atomic E-state index is 12.4. The quantitative estimate of drug-likeness (QED) is 0.922. The third-order valence-electron chi connectivity index (χ3n) is 3.69. The number of carbonyl (C=O) groups is 1. The summed E-state index contributed by atoms with van der Waals surface area (Å²) in [7, 11) is 3.83. The summed E-state index contributed by atoms with van der Waals surface area (Å²) in [6.45, 7) is 1.08. The molecule has 0 atom stereocenters. The molecule has 6 heteroatoms. The molecule has 0 spiro atoms. The van der Waals surface area contributed by atoms with Crippen molar-refractivity contribution in [3.05, 3.63) is 47.0 Å². The molecule has 5 nitrogen and oxygen atoms in total. The Morgan fingerprint density at radius 2 is 1.88 bits per heavy atom. The van der Waals surface area contributed by atoms with Gasteiger partial charge in [0.15, 0.2) is 11.5 Å². The molecular formula is C18H19ClN2O3. The van der Waals surface area contributed by atoms with Gasteiger partial charge in [-0.25, -0.2) is 0 Å². The molecule has 0 aliphatic carbocycles. The van der Waals surface area contributed by atoms with E-state index in [9.17, 15) is 4.79 Å². The average molecular weight is 347 g/mol. The van der Waals surface area contributed by atoms with Crippen molar-refractivity contribution < 1.29 is 14.3 Å². The molecular weight excluding hydrogens is 328 g/mol. The predicted octanol–water partition coefficient (Wildman–Crippen LogP) is 3.36. The summed E-state index contributed by atoms with van der Waals surface area (Å²) in [5, 5.41) is 3.50. The Bertz CT molecular complexity index is 762. The molecule has 1 aliphatic rings. The van der Waals surface area contributed by atoms with E-state index in [1.807, 2.05) is 43.3 Å². The van der Waals surface area contributed by atoms with E-state index < -0.39 is 0 Å². The number of hydrogen-bond donors (Lipinski definition) is 1. The van der Waals surface area contributed by atoms with Crippen LogP contribution < -0.4 is 19.7 Å². The summed E-state index contributed by atoms with van der Waals surface area (Å²) in [4.78, 5) is 14.3. The highest BCUT2D eigenvalue weighted by molar-refractivity contribution is 6.31. The summed E-state index contributed by atoms with van der Waals surface area (Å²) in [6, 6.07) is 11.0.